The normalized spacial score (nSPS) is 7.83. The number of rotatable bonds is 2. The van der Waals surface area contributed by atoms with Crippen LogP contribution < -0.4 is 5.73 Å². The Bertz CT molecular complexity index is 137. The maximum atomic E-state index is 8.81. The molecule has 0 rings (SSSR count). The van der Waals surface area contributed by atoms with Gasteiger partial charge >= 0.3 is 0 Å². The van der Waals surface area contributed by atoms with Crippen molar-refractivity contribution in [2.24, 2.45) is 5.73 Å². The molecule has 2 N–H and O–H groups in total. The maximum Gasteiger partial charge on any atom is 0.116 e. The van der Waals surface area contributed by atoms with E-state index < -0.39 is 0 Å². The molecule has 0 spiro atoms. The lowest BCUT2D eigenvalue weighted by atomic mass is 10.3. The van der Waals surface area contributed by atoms with E-state index in [0.717, 1.165) is 11.9 Å². The Labute approximate surface area is 75.5 Å². The Balaban J connectivity index is -0.000000137. The van der Waals surface area contributed by atoms with Gasteiger partial charge in [-0.1, -0.05) is 37.0 Å². The molecule has 0 aromatic heterocycles. The molecule has 0 aliphatic rings. The molecule has 0 heterocycles. The fraction of sp³-hybridized carbons (Fsp3) is 0.300. The third kappa shape index (κ3) is 36.8. The van der Waals surface area contributed by atoms with E-state index in [0.29, 0.717) is 0 Å². The summed E-state index contributed by atoms with van der Waals surface area (Å²) in [4.78, 5) is 8.81. The Hall–Kier alpha value is -1.15. The molecule has 0 aromatic rings. The van der Waals surface area contributed by atoms with E-state index in [2.05, 4.69) is 18.9 Å². The highest BCUT2D eigenvalue weighted by Gasteiger charge is 1.68. The Morgan fingerprint density at radius 1 is 1.33 bits per heavy atom. The largest absolute Gasteiger partial charge is 0.333 e. The number of nitrogens with two attached hydrogens (primary N) is 1. The van der Waals surface area contributed by atoms with E-state index >= 15 is 0 Å². The molecule has 0 unspecified atom stereocenters. The maximum absolute atomic E-state index is 8.81. The van der Waals surface area contributed by atoms with Crippen molar-refractivity contribution in [3.63, 3.8) is 0 Å². The molecule has 0 bridgehead atoms. The summed E-state index contributed by atoms with van der Waals surface area (Å²) in [5.74, 6) is 0. The van der Waals surface area contributed by atoms with Crippen molar-refractivity contribution >= 4 is 6.29 Å². The molecule has 2 nitrogen and oxygen atoms in total. The summed E-state index contributed by atoms with van der Waals surface area (Å²) < 4.78 is 0. The van der Waals surface area contributed by atoms with Gasteiger partial charge in [0.25, 0.3) is 0 Å². The number of hydrogen-bond donors (Lipinski definition) is 1. The van der Waals surface area contributed by atoms with Crippen LogP contribution in [0.3, 0.4) is 0 Å². The van der Waals surface area contributed by atoms with Crippen LogP contribution in [0.4, 0.5) is 0 Å². The average Bonchev–Trinajstić information content (AvgIpc) is 2.10. The van der Waals surface area contributed by atoms with Crippen molar-refractivity contribution in [3.8, 4) is 0 Å². The molecule has 0 saturated heterocycles. The molecular weight excluding hydrogens is 150 g/mol. The van der Waals surface area contributed by atoms with Gasteiger partial charge in [-0.25, -0.2) is 0 Å². The Morgan fingerprint density at radius 3 is 1.75 bits per heavy atom. The van der Waals surface area contributed by atoms with Gasteiger partial charge in [0.15, 0.2) is 0 Å². The number of aldehydes is 1. The Kier molecular flexibility index (Phi) is 32.1. The molecule has 12 heavy (non-hydrogen) atoms. The summed E-state index contributed by atoms with van der Waals surface area (Å²) in [6, 6.07) is 0. The predicted octanol–water partition coefficient (Wildman–Crippen LogP) is 2.08. The number of carbonyl (C=O) groups excluding carboxylic acids is 1. The van der Waals surface area contributed by atoms with Crippen LogP contribution in [0.25, 0.3) is 0 Å². The SMILES string of the molecule is C=C/C=C(/C)C=C.CC=O.CN. The summed E-state index contributed by atoms with van der Waals surface area (Å²) in [6.45, 7) is 10.5. The van der Waals surface area contributed by atoms with E-state index in [9.17, 15) is 0 Å². The van der Waals surface area contributed by atoms with Crippen LogP contribution in [-0.4, -0.2) is 13.3 Å². The molecule has 0 aliphatic carbocycles. The van der Waals surface area contributed by atoms with Crippen molar-refractivity contribution in [1.82, 2.24) is 0 Å². The van der Waals surface area contributed by atoms with Gasteiger partial charge in [0, 0.05) is 0 Å². The van der Waals surface area contributed by atoms with Crippen molar-refractivity contribution < 1.29 is 4.79 Å². The minimum atomic E-state index is 0.750. The van der Waals surface area contributed by atoms with E-state index in [1.807, 2.05) is 13.0 Å². The van der Waals surface area contributed by atoms with Crippen molar-refractivity contribution in [1.29, 1.82) is 0 Å². The van der Waals surface area contributed by atoms with Gasteiger partial charge in [-0.3, -0.25) is 0 Å². The smallest absolute Gasteiger partial charge is 0.116 e. The third-order valence-electron chi connectivity index (χ3n) is 0.703. The van der Waals surface area contributed by atoms with E-state index in [4.69, 9.17) is 4.79 Å². The monoisotopic (exact) mass is 169 g/mol. The van der Waals surface area contributed by atoms with Crippen LogP contribution in [0.5, 0.6) is 0 Å². The first-order chi connectivity index (χ1) is 5.72. The standard InChI is InChI=1S/C7H10.C2H4O.CH5N/c1-4-6-7(3)5-2;1-2-3;1-2/h4-6H,1-2H2,3H3;2H,1H3;2H2,1H3/b7-6-;;. The summed E-state index contributed by atoms with van der Waals surface area (Å²) in [7, 11) is 1.50. The number of carbonyl (C=O) groups is 1. The number of hydrogen-bond acceptors (Lipinski definition) is 2. The predicted molar refractivity (Wildman–Crippen MR) is 56.0 cm³/mol. The summed E-state index contributed by atoms with van der Waals surface area (Å²) in [5.41, 5.74) is 5.65. The molecule has 70 valence electrons. The Morgan fingerprint density at radius 2 is 1.67 bits per heavy atom. The second kappa shape index (κ2) is 22.5. The van der Waals surface area contributed by atoms with E-state index in [1.54, 1.807) is 12.2 Å². The first kappa shape index (κ1) is 17.1. The second-order valence-corrected chi connectivity index (χ2v) is 1.59. The molecule has 0 radical (unpaired) electrons. The zero-order chi connectivity index (χ0) is 10.4. The van der Waals surface area contributed by atoms with Crippen LogP contribution in [0.15, 0.2) is 37.0 Å². The molecular formula is C10H19NO. The first-order valence-corrected chi connectivity index (χ1v) is 3.62. The van der Waals surface area contributed by atoms with Gasteiger partial charge in [-0.05, 0) is 20.9 Å². The van der Waals surface area contributed by atoms with Crippen LogP contribution in [-0.2, 0) is 4.79 Å². The van der Waals surface area contributed by atoms with Crippen molar-refractivity contribution in [3.05, 3.63) is 37.0 Å². The zero-order valence-electron chi connectivity index (χ0n) is 8.21. The third-order valence-corrected chi connectivity index (χ3v) is 0.703. The summed E-state index contributed by atoms with van der Waals surface area (Å²) >= 11 is 0. The van der Waals surface area contributed by atoms with Gasteiger partial charge in [-0.2, -0.15) is 0 Å². The molecule has 0 aliphatic heterocycles. The summed E-state index contributed by atoms with van der Waals surface area (Å²) in [5, 5.41) is 0. The quantitative estimate of drug-likeness (QED) is 0.508. The van der Waals surface area contributed by atoms with Crippen LogP contribution in [0.2, 0.25) is 0 Å². The molecule has 2 heteroatoms. The topological polar surface area (TPSA) is 43.1 Å². The van der Waals surface area contributed by atoms with Gasteiger partial charge in [0.1, 0.15) is 6.29 Å². The zero-order valence-corrected chi connectivity index (χ0v) is 8.21. The van der Waals surface area contributed by atoms with Gasteiger partial charge in [0.05, 0.1) is 0 Å². The highest BCUT2D eigenvalue weighted by molar-refractivity contribution is 5.44. The van der Waals surface area contributed by atoms with Crippen LogP contribution >= 0.6 is 0 Å². The van der Waals surface area contributed by atoms with Gasteiger partial charge in [0.2, 0.25) is 0 Å². The second-order valence-electron chi connectivity index (χ2n) is 1.59. The average molecular weight is 169 g/mol. The molecule has 0 fully saturated rings. The minimum Gasteiger partial charge on any atom is -0.333 e. The molecule has 0 atom stereocenters. The van der Waals surface area contributed by atoms with Gasteiger partial charge in [-0.15, -0.1) is 0 Å². The molecule has 0 saturated carbocycles. The summed E-state index contributed by atoms with van der Waals surface area (Å²) in [6.07, 6.45) is 6.20. The molecule has 0 amide bonds. The van der Waals surface area contributed by atoms with E-state index in [1.165, 1.54) is 14.0 Å². The molecule has 0 aromatic carbocycles. The highest BCUT2D eigenvalue weighted by atomic mass is 16.1. The lowest BCUT2D eigenvalue weighted by molar-refractivity contribution is -0.106. The lowest BCUT2D eigenvalue weighted by Gasteiger charge is -1.80. The van der Waals surface area contributed by atoms with Gasteiger partial charge < -0.3 is 10.5 Å². The lowest BCUT2D eigenvalue weighted by Crippen LogP contribution is -1.69. The fourth-order valence-electron chi connectivity index (χ4n) is 0.254. The van der Waals surface area contributed by atoms with Crippen molar-refractivity contribution in [2.45, 2.75) is 13.8 Å². The first-order valence-electron chi connectivity index (χ1n) is 3.62. The van der Waals surface area contributed by atoms with E-state index in [-0.39, 0.29) is 0 Å². The van der Waals surface area contributed by atoms with Crippen molar-refractivity contribution in [2.75, 3.05) is 7.05 Å². The minimum absolute atomic E-state index is 0.750. The fourth-order valence-corrected chi connectivity index (χ4v) is 0.254. The number of allylic oxidation sites excluding steroid dienone is 4. The van der Waals surface area contributed by atoms with Crippen LogP contribution in [0.1, 0.15) is 13.8 Å². The highest BCUT2D eigenvalue weighted by Crippen LogP contribution is 1.90. The van der Waals surface area contributed by atoms with Crippen LogP contribution in [0, 0.1) is 0 Å².